The first kappa shape index (κ1) is 18.6. The maximum absolute atomic E-state index is 13.0. The number of pyridine rings is 1. The quantitative estimate of drug-likeness (QED) is 0.893. The standard InChI is InChI=1S/C19H21FN4O3/c1-2-27-19(26)24-11-9-23(10-12-24)18(25)17-13-16(7-8-21-17)22-15-5-3-14(20)4-6-15/h3-8,13H,2,9-12H2,1H3,(H,21,22). The summed E-state index contributed by atoms with van der Waals surface area (Å²) in [5, 5.41) is 3.12. The third kappa shape index (κ3) is 4.72. The van der Waals surface area contributed by atoms with Crippen LogP contribution in [0, 0.1) is 5.82 Å². The van der Waals surface area contributed by atoms with E-state index in [0.29, 0.717) is 49.9 Å². The van der Waals surface area contributed by atoms with Gasteiger partial charge in [0.25, 0.3) is 5.91 Å². The molecule has 0 aliphatic carbocycles. The largest absolute Gasteiger partial charge is 0.450 e. The Morgan fingerprint density at radius 2 is 1.74 bits per heavy atom. The molecule has 1 aromatic heterocycles. The molecular formula is C19H21FN4O3. The molecular weight excluding hydrogens is 351 g/mol. The number of amides is 2. The zero-order chi connectivity index (χ0) is 19.2. The van der Waals surface area contributed by atoms with Gasteiger partial charge in [-0.2, -0.15) is 0 Å². The van der Waals surface area contributed by atoms with E-state index in [4.69, 9.17) is 4.74 Å². The highest BCUT2D eigenvalue weighted by Crippen LogP contribution is 2.18. The molecule has 0 unspecified atom stereocenters. The lowest BCUT2D eigenvalue weighted by atomic mass is 10.2. The van der Waals surface area contributed by atoms with Gasteiger partial charge < -0.3 is 19.9 Å². The molecule has 1 fully saturated rings. The summed E-state index contributed by atoms with van der Waals surface area (Å²) < 4.78 is 18.0. The number of benzene rings is 1. The minimum atomic E-state index is -0.354. The number of nitrogens with one attached hydrogen (secondary N) is 1. The van der Waals surface area contributed by atoms with Gasteiger partial charge >= 0.3 is 6.09 Å². The summed E-state index contributed by atoms with van der Waals surface area (Å²) >= 11 is 0. The van der Waals surface area contributed by atoms with E-state index in [0.717, 1.165) is 0 Å². The van der Waals surface area contributed by atoms with Gasteiger partial charge in [0, 0.05) is 43.8 Å². The Hall–Kier alpha value is -3.16. The van der Waals surface area contributed by atoms with E-state index in [-0.39, 0.29) is 17.8 Å². The average molecular weight is 372 g/mol. The Kier molecular flexibility index (Phi) is 5.85. The summed E-state index contributed by atoms with van der Waals surface area (Å²) in [4.78, 5) is 31.9. The van der Waals surface area contributed by atoms with Gasteiger partial charge in [-0.15, -0.1) is 0 Å². The van der Waals surface area contributed by atoms with Crippen molar-refractivity contribution in [3.05, 3.63) is 54.1 Å². The number of hydrogen-bond donors (Lipinski definition) is 1. The van der Waals surface area contributed by atoms with Crippen LogP contribution in [0.5, 0.6) is 0 Å². The second kappa shape index (κ2) is 8.48. The highest BCUT2D eigenvalue weighted by atomic mass is 19.1. The van der Waals surface area contributed by atoms with Crippen LogP contribution in [-0.4, -0.2) is 59.6 Å². The molecule has 2 amide bonds. The maximum Gasteiger partial charge on any atom is 0.409 e. The molecule has 0 atom stereocenters. The normalized spacial score (nSPS) is 14.0. The number of carbonyl (C=O) groups is 2. The van der Waals surface area contributed by atoms with Crippen LogP contribution in [0.2, 0.25) is 0 Å². The molecule has 142 valence electrons. The van der Waals surface area contributed by atoms with Gasteiger partial charge in [-0.05, 0) is 43.3 Å². The fraction of sp³-hybridized carbons (Fsp3) is 0.316. The van der Waals surface area contributed by atoms with Crippen molar-refractivity contribution >= 4 is 23.4 Å². The Morgan fingerprint density at radius 3 is 2.41 bits per heavy atom. The summed E-state index contributed by atoms with van der Waals surface area (Å²) in [5.74, 6) is -0.505. The smallest absolute Gasteiger partial charge is 0.409 e. The molecule has 7 nitrogen and oxygen atoms in total. The van der Waals surface area contributed by atoms with Crippen LogP contribution >= 0.6 is 0 Å². The molecule has 2 heterocycles. The van der Waals surface area contributed by atoms with Gasteiger partial charge in [0.1, 0.15) is 11.5 Å². The van der Waals surface area contributed by atoms with Crippen molar-refractivity contribution in [2.24, 2.45) is 0 Å². The zero-order valence-electron chi connectivity index (χ0n) is 15.0. The highest BCUT2D eigenvalue weighted by Gasteiger charge is 2.26. The molecule has 0 radical (unpaired) electrons. The van der Waals surface area contributed by atoms with E-state index in [1.165, 1.54) is 12.1 Å². The molecule has 1 aliphatic rings. The number of carbonyl (C=O) groups excluding carboxylic acids is 2. The number of piperazine rings is 1. The molecule has 1 saturated heterocycles. The number of aromatic nitrogens is 1. The van der Waals surface area contributed by atoms with E-state index in [2.05, 4.69) is 10.3 Å². The number of nitrogens with zero attached hydrogens (tertiary/aromatic N) is 3. The first-order valence-electron chi connectivity index (χ1n) is 8.76. The Morgan fingerprint density at radius 1 is 1.07 bits per heavy atom. The monoisotopic (exact) mass is 372 g/mol. The van der Waals surface area contributed by atoms with E-state index in [9.17, 15) is 14.0 Å². The van der Waals surface area contributed by atoms with Crippen LogP contribution in [0.3, 0.4) is 0 Å². The van der Waals surface area contributed by atoms with Gasteiger partial charge in [0.05, 0.1) is 6.61 Å². The van der Waals surface area contributed by atoms with Gasteiger partial charge in [-0.25, -0.2) is 9.18 Å². The van der Waals surface area contributed by atoms with Crippen molar-refractivity contribution < 1.29 is 18.7 Å². The van der Waals surface area contributed by atoms with Crippen molar-refractivity contribution in [3.8, 4) is 0 Å². The third-order valence-electron chi connectivity index (χ3n) is 4.20. The summed E-state index contributed by atoms with van der Waals surface area (Å²) in [5.41, 5.74) is 1.71. The van der Waals surface area contributed by atoms with Gasteiger partial charge in [-0.1, -0.05) is 0 Å². The third-order valence-corrected chi connectivity index (χ3v) is 4.20. The summed E-state index contributed by atoms with van der Waals surface area (Å²) in [7, 11) is 0. The molecule has 2 aromatic rings. The predicted octanol–water partition coefficient (Wildman–Crippen LogP) is 2.88. The Labute approximate surface area is 156 Å². The van der Waals surface area contributed by atoms with Crippen LogP contribution in [-0.2, 0) is 4.74 Å². The van der Waals surface area contributed by atoms with Crippen LogP contribution in [0.4, 0.5) is 20.6 Å². The molecule has 27 heavy (non-hydrogen) atoms. The van der Waals surface area contributed by atoms with E-state index < -0.39 is 0 Å². The first-order chi connectivity index (χ1) is 13.1. The highest BCUT2D eigenvalue weighted by molar-refractivity contribution is 5.93. The Bertz CT molecular complexity index is 805. The van der Waals surface area contributed by atoms with E-state index in [1.807, 2.05) is 0 Å². The predicted molar refractivity (Wildman–Crippen MR) is 98.4 cm³/mol. The first-order valence-corrected chi connectivity index (χ1v) is 8.76. The maximum atomic E-state index is 13.0. The zero-order valence-corrected chi connectivity index (χ0v) is 15.0. The fourth-order valence-electron chi connectivity index (χ4n) is 2.79. The van der Waals surface area contributed by atoms with Gasteiger partial charge in [-0.3, -0.25) is 9.78 Å². The van der Waals surface area contributed by atoms with Crippen molar-refractivity contribution in [2.45, 2.75) is 6.92 Å². The summed E-state index contributed by atoms with van der Waals surface area (Å²) in [6.45, 7) is 3.80. The van der Waals surface area contributed by atoms with Crippen LogP contribution in [0.1, 0.15) is 17.4 Å². The molecule has 1 aromatic carbocycles. The van der Waals surface area contributed by atoms with Crippen molar-refractivity contribution in [3.63, 3.8) is 0 Å². The topological polar surface area (TPSA) is 74.8 Å². The molecule has 1 aliphatic heterocycles. The molecule has 8 heteroatoms. The Balaban J connectivity index is 1.62. The molecule has 1 N–H and O–H groups in total. The summed E-state index contributed by atoms with van der Waals surface area (Å²) in [6.07, 6.45) is 1.20. The fourth-order valence-corrected chi connectivity index (χ4v) is 2.79. The van der Waals surface area contributed by atoms with Crippen LogP contribution < -0.4 is 5.32 Å². The van der Waals surface area contributed by atoms with Crippen molar-refractivity contribution in [1.29, 1.82) is 0 Å². The van der Waals surface area contributed by atoms with E-state index in [1.54, 1.807) is 47.2 Å². The number of ether oxygens (including phenoxy) is 1. The van der Waals surface area contributed by atoms with E-state index >= 15 is 0 Å². The lowest BCUT2D eigenvalue weighted by Crippen LogP contribution is -2.50. The van der Waals surface area contributed by atoms with Gasteiger partial charge in [0.15, 0.2) is 0 Å². The lowest BCUT2D eigenvalue weighted by Gasteiger charge is -2.33. The minimum Gasteiger partial charge on any atom is -0.450 e. The SMILES string of the molecule is CCOC(=O)N1CCN(C(=O)c2cc(Nc3ccc(F)cc3)ccn2)CC1. The number of hydrogen-bond acceptors (Lipinski definition) is 5. The number of halogens is 1. The van der Waals surface area contributed by atoms with Crippen molar-refractivity contribution in [1.82, 2.24) is 14.8 Å². The average Bonchev–Trinajstić information content (AvgIpc) is 2.70. The molecule has 0 saturated carbocycles. The van der Waals surface area contributed by atoms with Crippen LogP contribution in [0.15, 0.2) is 42.6 Å². The lowest BCUT2D eigenvalue weighted by molar-refractivity contribution is 0.0566. The molecule has 0 spiro atoms. The molecule has 3 rings (SSSR count). The van der Waals surface area contributed by atoms with Gasteiger partial charge in [0.2, 0.25) is 0 Å². The second-order valence-electron chi connectivity index (χ2n) is 6.04. The second-order valence-corrected chi connectivity index (χ2v) is 6.04. The summed E-state index contributed by atoms with van der Waals surface area (Å²) in [6, 6.07) is 9.34. The van der Waals surface area contributed by atoms with Crippen LogP contribution in [0.25, 0.3) is 0 Å². The minimum absolute atomic E-state index is 0.193. The number of anilines is 2. The van der Waals surface area contributed by atoms with Crippen molar-refractivity contribution in [2.75, 3.05) is 38.1 Å². The number of rotatable bonds is 4. The molecule has 0 bridgehead atoms.